The van der Waals surface area contributed by atoms with Gasteiger partial charge in [0.05, 0.1) is 0 Å². The van der Waals surface area contributed by atoms with Crippen LogP contribution in [0.25, 0.3) is 0 Å². The molecule has 0 saturated carbocycles. The zero-order chi connectivity index (χ0) is 14.1. The number of carbonyl (C=O) groups is 2. The van der Waals surface area contributed by atoms with Gasteiger partial charge in [-0.05, 0) is 18.4 Å². The molecule has 19 heavy (non-hydrogen) atoms. The first kappa shape index (κ1) is 15.2. The van der Waals surface area contributed by atoms with E-state index in [0.29, 0.717) is 25.0 Å². The van der Waals surface area contributed by atoms with Gasteiger partial charge in [-0.15, -0.1) is 0 Å². The van der Waals surface area contributed by atoms with Crippen LogP contribution in [0.3, 0.4) is 0 Å². The Morgan fingerprint density at radius 1 is 1.26 bits per heavy atom. The van der Waals surface area contributed by atoms with E-state index in [9.17, 15) is 9.59 Å². The molecule has 0 aliphatic carbocycles. The van der Waals surface area contributed by atoms with E-state index in [4.69, 9.17) is 9.84 Å². The van der Waals surface area contributed by atoms with Gasteiger partial charge < -0.3 is 15.2 Å². The fraction of sp³-hybridized carbons (Fsp3) is 0.429. The van der Waals surface area contributed by atoms with Gasteiger partial charge in [-0.1, -0.05) is 30.3 Å². The van der Waals surface area contributed by atoms with Gasteiger partial charge in [0.25, 0.3) is 0 Å². The van der Waals surface area contributed by atoms with Crippen molar-refractivity contribution < 1.29 is 19.4 Å². The summed E-state index contributed by atoms with van der Waals surface area (Å²) in [6, 6.07) is 7.67. The van der Waals surface area contributed by atoms with Gasteiger partial charge in [0.1, 0.15) is 0 Å². The van der Waals surface area contributed by atoms with E-state index >= 15 is 0 Å². The summed E-state index contributed by atoms with van der Waals surface area (Å²) in [5, 5.41) is 11.7. The lowest BCUT2D eigenvalue weighted by Gasteiger charge is -2.14. The molecule has 0 radical (unpaired) electrons. The average molecular weight is 265 g/mol. The molecule has 1 rings (SSSR count). The molecule has 0 aliphatic rings. The second kappa shape index (κ2) is 8.26. The molecule has 1 atom stereocenters. The second-order valence-corrected chi connectivity index (χ2v) is 4.20. The third kappa shape index (κ3) is 5.52. The highest BCUT2D eigenvalue weighted by Crippen LogP contribution is 2.13. The SMILES string of the molecule is COCCCCC(=O)N[C@H](C(=O)O)c1ccccc1. The van der Waals surface area contributed by atoms with Crippen LogP contribution in [-0.4, -0.2) is 30.7 Å². The monoisotopic (exact) mass is 265 g/mol. The molecule has 1 amide bonds. The van der Waals surface area contributed by atoms with E-state index < -0.39 is 12.0 Å². The average Bonchev–Trinajstić information content (AvgIpc) is 2.41. The molecule has 1 aromatic rings. The standard InChI is InChI=1S/C14H19NO4/c1-19-10-6-5-9-12(16)15-13(14(17)18)11-7-3-2-4-8-11/h2-4,7-8,13H,5-6,9-10H2,1H3,(H,15,16)(H,17,18)/t13-/m0/s1. The largest absolute Gasteiger partial charge is 0.479 e. The number of benzene rings is 1. The predicted molar refractivity (Wildman–Crippen MR) is 70.7 cm³/mol. The third-order valence-electron chi connectivity index (χ3n) is 2.69. The molecule has 1 aromatic carbocycles. The molecule has 0 aliphatic heterocycles. The minimum absolute atomic E-state index is 0.257. The summed E-state index contributed by atoms with van der Waals surface area (Å²) < 4.78 is 4.89. The van der Waals surface area contributed by atoms with E-state index in [0.717, 1.165) is 6.42 Å². The van der Waals surface area contributed by atoms with Crippen LogP contribution >= 0.6 is 0 Å². The Balaban J connectivity index is 2.51. The minimum atomic E-state index is -1.06. The highest BCUT2D eigenvalue weighted by molar-refractivity contribution is 5.84. The van der Waals surface area contributed by atoms with Crippen molar-refractivity contribution in [2.24, 2.45) is 0 Å². The first-order valence-electron chi connectivity index (χ1n) is 6.21. The quantitative estimate of drug-likeness (QED) is 0.702. The van der Waals surface area contributed by atoms with Crippen molar-refractivity contribution in [2.45, 2.75) is 25.3 Å². The number of methoxy groups -OCH3 is 1. The molecule has 0 fully saturated rings. The lowest BCUT2D eigenvalue weighted by Crippen LogP contribution is -2.33. The molecule has 0 spiro atoms. The van der Waals surface area contributed by atoms with Crippen molar-refractivity contribution in [1.82, 2.24) is 5.32 Å². The van der Waals surface area contributed by atoms with E-state index in [2.05, 4.69) is 5.32 Å². The second-order valence-electron chi connectivity index (χ2n) is 4.20. The molecule has 0 saturated heterocycles. The fourth-order valence-corrected chi connectivity index (χ4v) is 1.70. The van der Waals surface area contributed by atoms with E-state index in [1.165, 1.54) is 0 Å². The maximum atomic E-state index is 11.7. The summed E-state index contributed by atoms with van der Waals surface area (Å²) in [5.74, 6) is -1.32. The summed E-state index contributed by atoms with van der Waals surface area (Å²) in [5.41, 5.74) is 0.570. The zero-order valence-corrected chi connectivity index (χ0v) is 11.0. The van der Waals surface area contributed by atoms with Crippen molar-refractivity contribution in [3.05, 3.63) is 35.9 Å². The number of rotatable bonds is 8. The van der Waals surface area contributed by atoms with Gasteiger partial charge in [0.15, 0.2) is 6.04 Å². The maximum absolute atomic E-state index is 11.7. The van der Waals surface area contributed by atoms with Gasteiger partial charge >= 0.3 is 5.97 Å². The highest BCUT2D eigenvalue weighted by Gasteiger charge is 2.21. The molecular formula is C14H19NO4. The van der Waals surface area contributed by atoms with Gasteiger partial charge in [-0.3, -0.25) is 4.79 Å². The lowest BCUT2D eigenvalue weighted by atomic mass is 10.1. The molecule has 0 aromatic heterocycles. The van der Waals surface area contributed by atoms with Crippen molar-refractivity contribution in [1.29, 1.82) is 0 Å². The number of carboxylic acid groups (broad SMARTS) is 1. The smallest absolute Gasteiger partial charge is 0.330 e. The van der Waals surface area contributed by atoms with Gasteiger partial charge in [-0.25, -0.2) is 4.79 Å². The Morgan fingerprint density at radius 3 is 2.53 bits per heavy atom. The van der Waals surface area contributed by atoms with Crippen LogP contribution in [-0.2, 0) is 14.3 Å². The number of ether oxygens (including phenoxy) is 1. The normalized spacial score (nSPS) is 11.8. The molecule has 104 valence electrons. The lowest BCUT2D eigenvalue weighted by molar-refractivity contribution is -0.142. The van der Waals surface area contributed by atoms with Crippen molar-refractivity contribution in [2.75, 3.05) is 13.7 Å². The predicted octanol–water partition coefficient (Wildman–Crippen LogP) is 1.75. The number of hydrogen-bond donors (Lipinski definition) is 2. The summed E-state index contributed by atoms with van der Waals surface area (Å²) in [7, 11) is 1.61. The molecule has 5 nitrogen and oxygen atoms in total. The molecule has 5 heteroatoms. The van der Waals surface area contributed by atoms with Gasteiger partial charge in [-0.2, -0.15) is 0 Å². The Hall–Kier alpha value is -1.88. The number of carboxylic acids is 1. The van der Waals surface area contributed by atoms with Crippen LogP contribution in [0.5, 0.6) is 0 Å². The van der Waals surface area contributed by atoms with Crippen molar-refractivity contribution in [3.63, 3.8) is 0 Å². The number of hydrogen-bond acceptors (Lipinski definition) is 3. The topological polar surface area (TPSA) is 75.6 Å². The summed E-state index contributed by atoms with van der Waals surface area (Å²) >= 11 is 0. The zero-order valence-electron chi connectivity index (χ0n) is 11.0. The Morgan fingerprint density at radius 2 is 1.95 bits per heavy atom. The minimum Gasteiger partial charge on any atom is -0.479 e. The number of carbonyl (C=O) groups excluding carboxylic acids is 1. The first-order valence-corrected chi connectivity index (χ1v) is 6.21. The van der Waals surface area contributed by atoms with Crippen LogP contribution in [0, 0.1) is 0 Å². The number of aliphatic carboxylic acids is 1. The summed E-state index contributed by atoms with van der Waals surface area (Å²) in [4.78, 5) is 22.9. The number of unbranched alkanes of at least 4 members (excludes halogenated alkanes) is 1. The van der Waals surface area contributed by atoms with Crippen LogP contribution in [0.15, 0.2) is 30.3 Å². The van der Waals surface area contributed by atoms with Crippen molar-refractivity contribution in [3.8, 4) is 0 Å². The summed E-state index contributed by atoms with van der Waals surface area (Å²) in [6.07, 6.45) is 1.77. The number of nitrogens with one attached hydrogen (secondary N) is 1. The molecule has 0 heterocycles. The first-order chi connectivity index (χ1) is 9.15. The van der Waals surface area contributed by atoms with Crippen LogP contribution < -0.4 is 5.32 Å². The molecule has 0 bridgehead atoms. The molecule has 0 unspecified atom stereocenters. The highest BCUT2D eigenvalue weighted by atomic mass is 16.5. The molecule has 2 N–H and O–H groups in total. The number of amides is 1. The van der Waals surface area contributed by atoms with Gasteiger partial charge in [0, 0.05) is 20.1 Å². The van der Waals surface area contributed by atoms with Crippen LogP contribution in [0.2, 0.25) is 0 Å². The van der Waals surface area contributed by atoms with Gasteiger partial charge in [0.2, 0.25) is 5.91 Å². The fourth-order valence-electron chi connectivity index (χ4n) is 1.70. The van der Waals surface area contributed by atoms with E-state index in [-0.39, 0.29) is 5.91 Å². The van der Waals surface area contributed by atoms with Crippen LogP contribution in [0.1, 0.15) is 30.9 Å². The molecular weight excluding hydrogens is 246 g/mol. The van der Waals surface area contributed by atoms with E-state index in [1.54, 1.807) is 37.4 Å². The van der Waals surface area contributed by atoms with Crippen LogP contribution in [0.4, 0.5) is 0 Å². The van der Waals surface area contributed by atoms with Crippen molar-refractivity contribution >= 4 is 11.9 Å². The maximum Gasteiger partial charge on any atom is 0.330 e. The summed E-state index contributed by atoms with van der Waals surface area (Å²) in [6.45, 7) is 0.605. The Kier molecular flexibility index (Phi) is 6.60. The third-order valence-corrected chi connectivity index (χ3v) is 2.69. The van der Waals surface area contributed by atoms with E-state index in [1.807, 2.05) is 0 Å². The Labute approximate surface area is 112 Å². The Bertz CT molecular complexity index is 405.